The van der Waals surface area contributed by atoms with Gasteiger partial charge >= 0.3 is 5.97 Å². The Kier molecular flexibility index (Phi) is 6.34. The number of ether oxygens (including phenoxy) is 2. The fraction of sp³-hybridized carbons (Fsp3) is 0.0833. The van der Waals surface area contributed by atoms with Gasteiger partial charge in [0.2, 0.25) is 5.90 Å². The number of nitrogens with zero attached hydrogens (tertiary/aromatic N) is 1. The van der Waals surface area contributed by atoms with Crippen LogP contribution in [0.4, 0.5) is 0 Å². The zero-order chi connectivity index (χ0) is 21.1. The minimum atomic E-state index is -0.456. The van der Waals surface area contributed by atoms with Crippen molar-refractivity contribution in [1.29, 1.82) is 0 Å². The molecule has 0 fully saturated rings. The SMILES string of the molecule is Cc1cc(C2=N/C(=C\c3cccc(OCc4ccc(Br)cc4)c3)C(=O)O2)ccc1I. The number of carbonyl (C=O) groups excluding carboxylic acids is 1. The van der Waals surface area contributed by atoms with Gasteiger partial charge in [0, 0.05) is 13.6 Å². The van der Waals surface area contributed by atoms with Crippen molar-refractivity contribution in [1.82, 2.24) is 0 Å². The second kappa shape index (κ2) is 9.14. The first-order valence-corrected chi connectivity index (χ1v) is 11.1. The second-order valence-corrected chi connectivity index (χ2v) is 8.87. The van der Waals surface area contributed by atoms with Crippen molar-refractivity contribution in [3.63, 3.8) is 0 Å². The molecule has 0 saturated heterocycles. The third-order valence-corrected chi connectivity index (χ3v) is 6.24. The van der Waals surface area contributed by atoms with E-state index in [-0.39, 0.29) is 5.70 Å². The third-order valence-electron chi connectivity index (χ3n) is 4.51. The van der Waals surface area contributed by atoms with Gasteiger partial charge in [0.05, 0.1) is 0 Å². The normalized spacial score (nSPS) is 14.6. The van der Waals surface area contributed by atoms with Gasteiger partial charge in [0.25, 0.3) is 0 Å². The highest BCUT2D eigenvalue weighted by molar-refractivity contribution is 14.1. The average molecular weight is 574 g/mol. The van der Waals surface area contributed by atoms with E-state index in [2.05, 4.69) is 43.5 Å². The van der Waals surface area contributed by atoms with Crippen LogP contribution in [0.2, 0.25) is 0 Å². The smallest absolute Gasteiger partial charge is 0.363 e. The molecule has 1 aliphatic heterocycles. The number of hydrogen-bond acceptors (Lipinski definition) is 4. The van der Waals surface area contributed by atoms with Crippen molar-refractivity contribution in [2.45, 2.75) is 13.5 Å². The second-order valence-electron chi connectivity index (χ2n) is 6.79. The molecule has 6 heteroatoms. The molecule has 0 amide bonds. The maximum Gasteiger partial charge on any atom is 0.363 e. The largest absolute Gasteiger partial charge is 0.489 e. The van der Waals surface area contributed by atoms with E-state index in [1.54, 1.807) is 6.08 Å². The summed E-state index contributed by atoms with van der Waals surface area (Å²) < 4.78 is 13.4. The van der Waals surface area contributed by atoms with Gasteiger partial charge in [0.15, 0.2) is 5.70 Å². The Morgan fingerprint density at radius 2 is 1.90 bits per heavy atom. The van der Waals surface area contributed by atoms with Crippen molar-refractivity contribution >= 4 is 56.5 Å². The lowest BCUT2D eigenvalue weighted by Crippen LogP contribution is -2.05. The predicted molar refractivity (Wildman–Crippen MR) is 129 cm³/mol. The summed E-state index contributed by atoms with van der Waals surface area (Å²) in [5, 5.41) is 0. The van der Waals surface area contributed by atoms with E-state index >= 15 is 0 Å². The number of halogens is 2. The van der Waals surface area contributed by atoms with Crippen LogP contribution in [0.15, 0.2) is 81.9 Å². The lowest BCUT2D eigenvalue weighted by Gasteiger charge is -2.07. The highest BCUT2D eigenvalue weighted by atomic mass is 127. The summed E-state index contributed by atoms with van der Waals surface area (Å²) in [5.74, 6) is 0.590. The number of benzene rings is 3. The zero-order valence-corrected chi connectivity index (χ0v) is 19.8. The number of cyclic esters (lactones) is 1. The number of esters is 1. The van der Waals surface area contributed by atoms with Crippen molar-refractivity contribution in [2.24, 2.45) is 4.99 Å². The lowest BCUT2D eigenvalue weighted by molar-refractivity contribution is -0.129. The summed E-state index contributed by atoms with van der Waals surface area (Å²) in [6, 6.07) is 21.4. The standard InChI is InChI=1S/C24H17BrINO3/c1-15-11-18(7-10-21(15)26)23-27-22(24(28)30-23)13-17-3-2-4-20(12-17)29-14-16-5-8-19(25)9-6-16/h2-13H,14H2,1H3/b22-13-. The molecule has 0 atom stereocenters. The Morgan fingerprint density at radius 3 is 2.67 bits per heavy atom. The molecule has 0 radical (unpaired) electrons. The number of carbonyl (C=O) groups is 1. The number of aryl methyl sites for hydroxylation is 1. The van der Waals surface area contributed by atoms with Gasteiger partial charge in [-0.2, -0.15) is 0 Å². The van der Waals surface area contributed by atoms with Crippen molar-refractivity contribution < 1.29 is 14.3 Å². The molecular formula is C24H17BrINO3. The minimum Gasteiger partial charge on any atom is -0.489 e. The van der Waals surface area contributed by atoms with Crippen LogP contribution >= 0.6 is 38.5 Å². The topological polar surface area (TPSA) is 47.9 Å². The Balaban J connectivity index is 1.51. The summed E-state index contributed by atoms with van der Waals surface area (Å²) >= 11 is 5.70. The summed E-state index contributed by atoms with van der Waals surface area (Å²) in [6.45, 7) is 2.48. The van der Waals surface area contributed by atoms with Gasteiger partial charge in [-0.1, -0.05) is 40.2 Å². The lowest BCUT2D eigenvalue weighted by atomic mass is 10.1. The van der Waals surface area contributed by atoms with Crippen LogP contribution in [0.1, 0.15) is 22.3 Å². The molecule has 0 bridgehead atoms. The minimum absolute atomic E-state index is 0.270. The first kappa shape index (κ1) is 20.8. The summed E-state index contributed by atoms with van der Waals surface area (Å²) in [6.07, 6.45) is 1.71. The Morgan fingerprint density at radius 1 is 1.10 bits per heavy atom. The summed E-state index contributed by atoms with van der Waals surface area (Å²) in [4.78, 5) is 16.7. The van der Waals surface area contributed by atoms with Gasteiger partial charge in [-0.3, -0.25) is 0 Å². The molecule has 0 aromatic heterocycles. The molecular weight excluding hydrogens is 557 g/mol. The molecule has 4 nitrogen and oxygen atoms in total. The number of hydrogen-bond donors (Lipinski definition) is 0. The predicted octanol–water partition coefficient (Wildman–Crippen LogP) is 6.29. The van der Waals surface area contributed by atoms with Gasteiger partial charge < -0.3 is 9.47 Å². The molecule has 150 valence electrons. The van der Waals surface area contributed by atoms with E-state index < -0.39 is 5.97 Å². The van der Waals surface area contributed by atoms with Gasteiger partial charge in [0.1, 0.15) is 12.4 Å². The Bertz CT molecular complexity index is 1170. The van der Waals surface area contributed by atoms with Crippen molar-refractivity contribution in [3.05, 3.63) is 103 Å². The van der Waals surface area contributed by atoms with Crippen LogP contribution in [0.3, 0.4) is 0 Å². The molecule has 0 N–H and O–H groups in total. The molecule has 1 aliphatic rings. The van der Waals surface area contributed by atoms with Crippen molar-refractivity contribution in [3.8, 4) is 5.75 Å². The van der Waals surface area contributed by atoms with Crippen LogP contribution in [-0.4, -0.2) is 11.9 Å². The molecule has 1 heterocycles. The highest BCUT2D eigenvalue weighted by Crippen LogP contribution is 2.23. The highest BCUT2D eigenvalue weighted by Gasteiger charge is 2.24. The molecule has 3 aromatic carbocycles. The monoisotopic (exact) mass is 573 g/mol. The van der Waals surface area contributed by atoms with Crippen LogP contribution < -0.4 is 4.74 Å². The van der Waals surface area contributed by atoms with E-state index in [0.29, 0.717) is 12.5 Å². The maximum atomic E-state index is 12.3. The van der Waals surface area contributed by atoms with E-state index in [1.807, 2.05) is 73.7 Å². The molecule has 30 heavy (non-hydrogen) atoms. The molecule has 3 aromatic rings. The quantitative estimate of drug-likeness (QED) is 0.205. The fourth-order valence-corrected chi connectivity index (χ4v) is 3.51. The first-order valence-electron chi connectivity index (χ1n) is 9.24. The maximum absolute atomic E-state index is 12.3. The van der Waals surface area contributed by atoms with Crippen LogP contribution in [0, 0.1) is 10.5 Å². The molecule has 0 unspecified atom stereocenters. The van der Waals surface area contributed by atoms with Gasteiger partial charge in [-0.25, -0.2) is 9.79 Å². The summed E-state index contributed by atoms with van der Waals surface area (Å²) in [5.41, 5.74) is 4.06. The zero-order valence-electron chi connectivity index (χ0n) is 16.1. The van der Waals surface area contributed by atoms with Crippen LogP contribution in [0.25, 0.3) is 6.08 Å². The van der Waals surface area contributed by atoms with Crippen LogP contribution in [-0.2, 0) is 16.1 Å². The number of aliphatic imine (C=N–C) groups is 1. The van der Waals surface area contributed by atoms with E-state index in [4.69, 9.17) is 9.47 Å². The van der Waals surface area contributed by atoms with E-state index in [9.17, 15) is 4.79 Å². The van der Waals surface area contributed by atoms with Crippen molar-refractivity contribution in [2.75, 3.05) is 0 Å². The third kappa shape index (κ3) is 4.99. The Hall–Kier alpha value is -2.45. The summed E-state index contributed by atoms with van der Waals surface area (Å²) in [7, 11) is 0. The van der Waals surface area contributed by atoms with E-state index in [0.717, 1.165) is 36.0 Å². The Labute approximate surface area is 196 Å². The molecule has 0 spiro atoms. The van der Waals surface area contributed by atoms with Gasteiger partial charge in [-0.05, 0) is 94.7 Å². The fourth-order valence-electron chi connectivity index (χ4n) is 2.91. The molecule has 0 saturated carbocycles. The van der Waals surface area contributed by atoms with Crippen LogP contribution in [0.5, 0.6) is 5.75 Å². The molecule has 0 aliphatic carbocycles. The first-order chi connectivity index (χ1) is 14.5. The van der Waals surface area contributed by atoms with E-state index in [1.165, 1.54) is 0 Å². The average Bonchev–Trinajstić information content (AvgIpc) is 3.10. The van der Waals surface area contributed by atoms with Gasteiger partial charge in [-0.15, -0.1) is 0 Å². The number of rotatable bonds is 5. The molecule has 4 rings (SSSR count).